The summed E-state index contributed by atoms with van der Waals surface area (Å²) in [6.45, 7) is 4.84. The molecular formula is C13H24O2. The Morgan fingerprint density at radius 3 is 2.47 bits per heavy atom. The Hall–Kier alpha value is -0.790. The van der Waals surface area contributed by atoms with Crippen LogP contribution < -0.4 is 0 Å². The van der Waals surface area contributed by atoms with Crippen molar-refractivity contribution in [1.29, 1.82) is 0 Å². The van der Waals surface area contributed by atoms with Gasteiger partial charge in [-0.05, 0) is 19.3 Å². The van der Waals surface area contributed by atoms with E-state index >= 15 is 0 Å². The molecule has 0 aromatic rings. The third-order valence-corrected chi connectivity index (χ3v) is 2.19. The van der Waals surface area contributed by atoms with Crippen molar-refractivity contribution in [3.8, 4) is 0 Å². The van der Waals surface area contributed by atoms with Crippen LogP contribution >= 0.6 is 0 Å². The van der Waals surface area contributed by atoms with Gasteiger partial charge >= 0.3 is 5.97 Å². The van der Waals surface area contributed by atoms with Gasteiger partial charge in [0.05, 0.1) is 13.0 Å². The number of ether oxygens (including phenoxy) is 1. The lowest BCUT2D eigenvalue weighted by Gasteiger charge is -2.00. The predicted octanol–water partition coefficient (Wildman–Crippen LogP) is 3.86. The molecule has 0 radical (unpaired) electrons. The summed E-state index contributed by atoms with van der Waals surface area (Å²) in [6.07, 6.45) is 11.3. The van der Waals surface area contributed by atoms with Crippen molar-refractivity contribution >= 4 is 5.97 Å². The third-order valence-electron chi connectivity index (χ3n) is 2.19. The molecule has 0 bridgehead atoms. The van der Waals surface area contributed by atoms with E-state index in [9.17, 15) is 4.79 Å². The quantitative estimate of drug-likeness (QED) is 0.329. The molecule has 0 aromatic carbocycles. The van der Waals surface area contributed by atoms with Gasteiger partial charge in [0.15, 0.2) is 0 Å². The van der Waals surface area contributed by atoms with Crippen molar-refractivity contribution in [3.05, 3.63) is 12.2 Å². The van der Waals surface area contributed by atoms with Gasteiger partial charge in [0, 0.05) is 0 Å². The second-order valence-corrected chi connectivity index (χ2v) is 3.75. The van der Waals surface area contributed by atoms with Crippen LogP contribution in [0.2, 0.25) is 0 Å². The number of hydrogen-bond donors (Lipinski definition) is 0. The summed E-state index contributed by atoms with van der Waals surface area (Å²) in [6, 6.07) is 0. The average Bonchev–Trinajstić information content (AvgIpc) is 2.23. The van der Waals surface area contributed by atoms with E-state index in [1.165, 1.54) is 19.3 Å². The Balaban J connectivity index is 3.28. The highest BCUT2D eigenvalue weighted by atomic mass is 16.5. The Bertz CT molecular complexity index is 173. The molecule has 0 amide bonds. The normalized spacial score (nSPS) is 10.8. The van der Waals surface area contributed by atoms with Gasteiger partial charge in [-0.15, -0.1) is 0 Å². The summed E-state index contributed by atoms with van der Waals surface area (Å²) in [5.41, 5.74) is 0. The molecule has 0 rings (SSSR count). The summed E-state index contributed by atoms with van der Waals surface area (Å²) in [5.74, 6) is -0.102. The first-order valence-electron chi connectivity index (χ1n) is 6.11. The zero-order chi connectivity index (χ0) is 11.4. The summed E-state index contributed by atoms with van der Waals surface area (Å²) in [5, 5.41) is 0. The number of allylic oxidation sites excluding steroid dienone is 1. The molecule has 15 heavy (non-hydrogen) atoms. The molecule has 0 spiro atoms. The monoisotopic (exact) mass is 212 g/mol. The van der Waals surface area contributed by atoms with E-state index in [0.29, 0.717) is 13.0 Å². The minimum absolute atomic E-state index is 0.102. The fraction of sp³-hybridized carbons (Fsp3) is 0.769. The number of esters is 1. The summed E-state index contributed by atoms with van der Waals surface area (Å²) in [7, 11) is 0. The molecule has 0 aliphatic rings. The van der Waals surface area contributed by atoms with Crippen molar-refractivity contribution in [2.45, 2.75) is 58.8 Å². The van der Waals surface area contributed by atoms with Crippen LogP contribution in [-0.2, 0) is 9.53 Å². The lowest BCUT2D eigenvalue weighted by molar-refractivity contribution is -0.142. The minimum atomic E-state index is -0.102. The zero-order valence-electron chi connectivity index (χ0n) is 10.1. The summed E-state index contributed by atoms with van der Waals surface area (Å²) >= 11 is 0. The van der Waals surface area contributed by atoms with Crippen LogP contribution in [0, 0.1) is 0 Å². The van der Waals surface area contributed by atoms with Gasteiger partial charge in [-0.25, -0.2) is 0 Å². The van der Waals surface area contributed by atoms with Gasteiger partial charge in [0.1, 0.15) is 0 Å². The Kier molecular flexibility index (Phi) is 10.7. The molecule has 0 aliphatic carbocycles. The molecule has 0 aliphatic heterocycles. The number of rotatable bonds is 9. The molecule has 2 heteroatoms. The van der Waals surface area contributed by atoms with Gasteiger partial charge in [0.2, 0.25) is 0 Å². The highest BCUT2D eigenvalue weighted by molar-refractivity contribution is 5.71. The molecule has 88 valence electrons. The predicted molar refractivity (Wildman–Crippen MR) is 63.8 cm³/mol. The van der Waals surface area contributed by atoms with Crippen LogP contribution in [0.5, 0.6) is 0 Å². The first kappa shape index (κ1) is 14.2. The number of carbonyl (C=O) groups is 1. The lowest BCUT2D eigenvalue weighted by Crippen LogP contribution is -2.03. The molecule has 0 heterocycles. The van der Waals surface area contributed by atoms with Gasteiger partial charge in [-0.3, -0.25) is 4.79 Å². The lowest BCUT2D eigenvalue weighted by atomic mass is 10.2. The molecular weight excluding hydrogens is 188 g/mol. The van der Waals surface area contributed by atoms with Crippen LogP contribution in [0.25, 0.3) is 0 Å². The zero-order valence-corrected chi connectivity index (χ0v) is 10.1. The van der Waals surface area contributed by atoms with Crippen molar-refractivity contribution < 1.29 is 9.53 Å². The minimum Gasteiger partial charge on any atom is -0.465 e. The maximum atomic E-state index is 11.1. The maximum absolute atomic E-state index is 11.1. The maximum Gasteiger partial charge on any atom is 0.309 e. The van der Waals surface area contributed by atoms with E-state index in [-0.39, 0.29) is 5.97 Å². The number of carbonyl (C=O) groups excluding carboxylic acids is 1. The first-order valence-corrected chi connectivity index (χ1v) is 6.11. The Morgan fingerprint density at radius 1 is 1.07 bits per heavy atom. The van der Waals surface area contributed by atoms with E-state index in [1.807, 2.05) is 6.08 Å². The Labute approximate surface area is 93.7 Å². The molecule has 0 N–H and O–H groups in total. The summed E-state index contributed by atoms with van der Waals surface area (Å²) < 4.78 is 5.02. The van der Waals surface area contributed by atoms with Gasteiger partial charge in [-0.2, -0.15) is 0 Å². The molecule has 2 nitrogen and oxygen atoms in total. The fourth-order valence-electron chi connectivity index (χ4n) is 1.20. The average molecular weight is 212 g/mol. The van der Waals surface area contributed by atoms with Crippen LogP contribution in [0.3, 0.4) is 0 Å². The van der Waals surface area contributed by atoms with E-state index in [0.717, 1.165) is 19.3 Å². The molecule has 0 aromatic heterocycles. The van der Waals surface area contributed by atoms with Crippen LogP contribution in [0.4, 0.5) is 0 Å². The van der Waals surface area contributed by atoms with E-state index < -0.39 is 0 Å². The van der Waals surface area contributed by atoms with E-state index in [2.05, 4.69) is 19.9 Å². The smallest absolute Gasteiger partial charge is 0.309 e. The first-order chi connectivity index (χ1) is 7.31. The second-order valence-electron chi connectivity index (χ2n) is 3.75. The van der Waals surface area contributed by atoms with Crippen molar-refractivity contribution in [1.82, 2.24) is 0 Å². The second kappa shape index (κ2) is 11.3. The largest absolute Gasteiger partial charge is 0.465 e. The van der Waals surface area contributed by atoms with E-state index in [4.69, 9.17) is 4.74 Å². The topological polar surface area (TPSA) is 26.3 Å². The number of unbranched alkanes of at least 4 members (excludes halogenated alkanes) is 4. The highest BCUT2D eigenvalue weighted by Crippen LogP contribution is 2.00. The molecule has 0 saturated heterocycles. The standard InChI is InChI=1S/C13H24O2/c1-3-5-7-8-9-10-11-13(14)15-12-6-4-2/h9-10H,3-8,11-12H2,1-2H3/b10-9+. The van der Waals surface area contributed by atoms with Crippen molar-refractivity contribution in [2.24, 2.45) is 0 Å². The Morgan fingerprint density at radius 2 is 1.80 bits per heavy atom. The number of hydrogen-bond acceptors (Lipinski definition) is 2. The van der Waals surface area contributed by atoms with Crippen LogP contribution in [-0.4, -0.2) is 12.6 Å². The molecule has 0 unspecified atom stereocenters. The van der Waals surface area contributed by atoms with Crippen LogP contribution in [0.1, 0.15) is 58.8 Å². The molecule has 0 fully saturated rings. The van der Waals surface area contributed by atoms with Crippen molar-refractivity contribution in [2.75, 3.05) is 6.61 Å². The summed E-state index contributed by atoms with van der Waals surface area (Å²) in [4.78, 5) is 11.1. The molecule has 0 atom stereocenters. The van der Waals surface area contributed by atoms with Crippen LogP contribution in [0.15, 0.2) is 12.2 Å². The van der Waals surface area contributed by atoms with Gasteiger partial charge < -0.3 is 4.74 Å². The molecule has 0 saturated carbocycles. The third kappa shape index (κ3) is 11.1. The van der Waals surface area contributed by atoms with Crippen molar-refractivity contribution in [3.63, 3.8) is 0 Å². The SMILES string of the molecule is CCCCC/C=C/CC(=O)OCCCC. The van der Waals surface area contributed by atoms with Gasteiger partial charge in [-0.1, -0.05) is 45.3 Å². The fourth-order valence-corrected chi connectivity index (χ4v) is 1.20. The highest BCUT2D eigenvalue weighted by Gasteiger charge is 1.97. The van der Waals surface area contributed by atoms with Gasteiger partial charge in [0.25, 0.3) is 0 Å². The van der Waals surface area contributed by atoms with E-state index in [1.54, 1.807) is 0 Å².